The van der Waals surface area contributed by atoms with Gasteiger partial charge in [-0.3, -0.25) is 9.78 Å². The SMILES string of the molecule is CNC(=O)c1cncc(-c2c[nH]c3ccc(-c4nnc(NC(C)C)o4)cc23)c1. The molecule has 4 rings (SSSR count). The summed E-state index contributed by atoms with van der Waals surface area (Å²) in [5.74, 6) is 0.264. The van der Waals surface area contributed by atoms with Gasteiger partial charge in [-0.15, -0.1) is 5.10 Å². The number of anilines is 1. The number of amides is 1. The highest BCUT2D eigenvalue weighted by Crippen LogP contribution is 2.32. The maximum absolute atomic E-state index is 11.9. The first-order chi connectivity index (χ1) is 13.5. The number of rotatable bonds is 5. The van der Waals surface area contributed by atoms with Gasteiger partial charge in [0.2, 0.25) is 5.89 Å². The molecule has 0 aliphatic carbocycles. The van der Waals surface area contributed by atoms with Gasteiger partial charge in [-0.1, -0.05) is 5.10 Å². The predicted octanol–water partition coefficient (Wildman–Crippen LogP) is 3.46. The maximum Gasteiger partial charge on any atom is 0.315 e. The molecule has 0 unspecified atom stereocenters. The van der Waals surface area contributed by atoms with Crippen LogP contribution in [0.4, 0.5) is 6.01 Å². The zero-order valence-corrected chi connectivity index (χ0v) is 15.8. The Morgan fingerprint density at radius 2 is 2.00 bits per heavy atom. The van der Waals surface area contributed by atoms with Crippen molar-refractivity contribution >= 4 is 22.8 Å². The molecule has 0 atom stereocenters. The van der Waals surface area contributed by atoms with Crippen LogP contribution in [-0.4, -0.2) is 39.2 Å². The lowest BCUT2D eigenvalue weighted by Gasteiger charge is -2.04. The molecule has 3 aromatic heterocycles. The summed E-state index contributed by atoms with van der Waals surface area (Å²) in [6.07, 6.45) is 5.18. The average Bonchev–Trinajstić information content (AvgIpc) is 3.33. The average molecular weight is 376 g/mol. The number of benzene rings is 1. The molecule has 0 spiro atoms. The van der Waals surface area contributed by atoms with E-state index < -0.39 is 0 Å². The Hall–Kier alpha value is -3.68. The number of nitrogens with zero attached hydrogens (tertiary/aromatic N) is 3. The van der Waals surface area contributed by atoms with E-state index >= 15 is 0 Å². The second kappa shape index (κ2) is 7.15. The van der Waals surface area contributed by atoms with Gasteiger partial charge in [0.25, 0.3) is 5.91 Å². The van der Waals surface area contributed by atoms with Crippen molar-refractivity contribution in [3.63, 3.8) is 0 Å². The van der Waals surface area contributed by atoms with Crippen molar-refractivity contribution in [3.05, 3.63) is 48.4 Å². The Morgan fingerprint density at radius 1 is 1.14 bits per heavy atom. The van der Waals surface area contributed by atoms with Gasteiger partial charge in [0.05, 0.1) is 5.56 Å². The molecule has 0 radical (unpaired) electrons. The number of nitrogens with one attached hydrogen (secondary N) is 3. The van der Waals surface area contributed by atoms with Crippen molar-refractivity contribution in [3.8, 4) is 22.6 Å². The Balaban J connectivity index is 1.75. The highest BCUT2D eigenvalue weighted by molar-refractivity contribution is 5.99. The van der Waals surface area contributed by atoms with Crippen molar-refractivity contribution in [1.82, 2.24) is 25.5 Å². The van der Waals surface area contributed by atoms with Gasteiger partial charge >= 0.3 is 6.01 Å². The van der Waals surface area contributed by atoms with Crippen LogP contribution in [0.1, 0.15) is 24.2 Å². The fraction of sp³-hybridized carbons (Fsp3) is 0.200. The first-order valence-electron chi connectivity index (χ1n) is 8.94. The summed E-state index contributed by atoms with van der Waals surface area (Å²) in [5.41, 5.74) is 4.07. The number of hydrogen-bond acceptors (Lipinski definition) is 6. The molecular weight excluding hydrogens is 356 g/mol. The van der Waals surface area contributed by atoms with Crippen LogP contribution >= 0.6 is 0 Å². The maximum atomic E-state index is 11.9. The molecule has 8 heteroatoms. The molecule has 0 saturated carbocycles. The van der Waals surface area contributed by atoms with Crippen LogP contribution in [0.3, 0.4) is 0 Å². The molecule has 0 aliphatic rings. The smallest absolute Gasteiger partial charge is 0.315 e. The van der Waals surface area contributed by atoms with Gasteiger partial charge in [-0.2, -0.15) is 0 Å². The molecule has 3 N–H and O–H groups in total. The molecule has 0 saturated heterocycles. The standard InChI is InChI=1S/C20H20N6O2/c1-11(2)24-20-26-25-19(28-20)12-4-5-17-15(7-12)16(10-23-17)13-6-14(9-22-8-13)18(27)21-3/h4-11,23H,1-3H3,(H,21,27)(H,24,26). The quantitative estimate of drug-likeness (QED) is 0.492. The van der Waals surface area contributed by atoms with Crippen molar-refractivity contribution < 1.29 is 9.21 Å². The van der Waals surface area contributed by atoms with Gasteiger partial charge in [0, 0.05) is 59.3 Å². The van der Waals surface area contributed by atoms with Crippen LogP contribution in [0.25, 0.3) is 33.5 Å². The molecule has 8 nitrogen and oxygen atoms in total. The second-order valence-corrected chi connectivity index (χ2v) is 6.72. The minimum absolute atomic E-state index is 0.175. The van der Waals surface area contributed by atoms with Gasteiger partial charge < -0.3 is 20.0 Å². The number of fused-ring (bicyclic) bond motifs is 1. The molecule has 4 aromatic rings. The van der Waals surface area contributed by atoms with E-state index in [1.807, 2.05) is 44.3 Å². The first-order valence-corrected chi connectivity index (χ1v) is 8.94. The molecule has 142 valence electrons. The van der Waals surface area contributed by atoms with Crippen molar-refractivity contribution in [2.24, 2.45) is 0 Å². The first kappa shape index (κ1) is 17.7. The third-order valence-electron chi connectivity index (χ3n) is 4.30. The van der Waals surface area contributed by atoms with Gasteiger partial charge in [0.15, 0.2) is 0 Å². The fourth-order valence-electron chi connectivity index (χ4n) is 2.99. The summed E-state index contributed by atoms with van der Waals surface area (Å²) in [6, 6.07) is 8.28. The van der Waals surface area contributed by atoms with Crippen LogP contribution in [-0.2, 0) is 0 Å². The van der Waals surface area contributed by atoms with Gasteiger partial charge in [0.1, 0.15) is 0 Å². The van der Waals surface area contributed by atoms with E-state index in [-0.39, 0.29) is 11.9 Å². The molecule has 3 heterocycles. The number of carbonyl (C=O) groups is 1. The van der Waals surface area contributed by atoms with E-state index in [9.17, 15) is 4.79 Å². The van der Waals surface area contributed by atoms with Crippen LogP contribution in [0.5, 0.6) is 0 Å². The molecule has 0 bridgehead atoms. The lowest BCUT2D eigenvalue weighted by molar-refractivity contribution is 0.0963. The number of aromatic nitrogens is 4. The van der Waals surface area contributed by atoms with E-state index in [1.54, 1.807) is 19.4 Å². The Morgan fingerprint density at radius 3 is 2.79 bits per heavy atom. The largest absolute Gasteiger partial charge is 0.403 e. The summed E-state index contributed by atoms with van der Waals surface area (Å²) < 4.78 is 5.71. The molecule has 0 aliphatic heterocycles. The van der Waals surface area contributed by atoms with Crippen molar-refractivity contribution in [2.75, 3.05) is 12.4 Å². The van der Waals surface area contributed by atoms with Gasteiger partial charge in [-0.25, -0.2) is 0 Å². The predicted molar refractivity (Wildman–Crippen MR) is 107 cm³/mol. The number of pyridine rings is 1. The molecule has 28 heavy (non-hydrogen) atoms. The van der Waals surface area contributed by atoms with Crippen LogP contribution in [0, 0.1) is 0 Å². The monoisotopic (exact) mass is 376 g/mol. The van der Waals surface area contributed by atoms with E-state index in [4.69, 9.17) is 4.42 Å². The highest BCUT2D eigenvalue weighted by Gasteiger charge is 2.14. The van der Waals surface area contributed by atoms with Crippen LogP contribution < -0.4 is 10.6 Å². The number of carbonyl (C=O) groups excluding carboxylic acids is 1. The summed E-state index contributed by atoms with van der Waals surface area (Å²) >= 11 is 0. The molecule has 1 aromatic carbocycles. The Bertz CT molecular complexity index is 1140. The zero-order chi connectivity index (χ0) is 19.7. The molecular formula is C20H20N6O2. The second-order valence-electron chi connectivity index (χ2n) is 6.72. The minimum Gasteiger partial charge on any atom is -0.403 e. The summed E-state index contributed by atoms with van der Waals surface area (Å²) in [7, 11) is 1.60. The Kier molecular flexibility index (Phi) is 4.52. The third-order valence-corrected chi connectivity index (χ3v) is 4.30. The number of aromatic amines is 1. The van der Waals surface area contributed by atoms with E-state index in [0.29, 0.717) is 17.5 Å². The fourth-order valence-corrected chi connectivity index (χ4v) is 2.99. The normalized spacial score (nSPS) is 11.1. The zero-order valence-electron chi connectivity index (χ0n) is 15.8. The third kappa shape index (κ3) is 3.32. The minimum atomic E-state index is -0.175. The van der Waals surface area contributed by atoms with Crippen LogP contribution in [0.2, 0.25) is 0 Å². The van der Waals surface area contributed by atoms with Crippen molar-refractivity contribution in [2.45, 2.75) is 19.9 Å². The van der Waals surface area contributed by atoms with Crippen molar-refractivity contribution in [1.29, 1.82) is 0 Å². The molecule has 0 fully saturated rings. The number of H-pyrrole nitrogens is 1. The summed E-state index contributed by atoms with van der Waals surface area (Å²) in [5, 5.41) is 14.8. The van der Waals surface area contributed by atoms with E-state index in [2.05, 4.69) is 30.8 Å². The Labute approximate surface area is 161 Å². The summed E-state index contributed by atoms with van der Waals surface area (Å²) in [6.45, 7) is 4.01. The van der Waals surface area contributed by atoms with Gasteiger partial charge in [-0.05, 0) is 38.1 Å². The summed E-state index contributed by atoms with van der Waals surface area (Å²) in [4.78, 5) is 19.4. The van der Waals surface area contributed by atoms with Crippen LogP contribution in [0.15, 0.2) is 47.3 Å². The topological polar surface area (TPSA) is 109 Å². The van der Waals surface area contributed by atoms with E-state index in [0.717, 1.165) is 27.6 Å². The lowest BCUT2D eigenvalue weighted by atomic mass is 10.0. The molecule has 1 amide bonds. The number of hydrogen-bond donors (Lipinski definition) is 3. The highest BCUT2D eigenvalue weighted by atomic mass is 16.4. The van der Waals surface area contributed by atoms with E-state index in [1.165, 1.54) is 0 Å². The lowest BCUT2D eigenvalue weighted by Crippen LogP contribution is -2.17.